The van der Waals surface area contributed by atoms with E-state index >= 15 is 0 Å². The molecule has 1 amide bonds. The van der Waals surface area contributed by atoms with Gasteiger partial charge in [0.1, 0.15) is 0 Å². The third-order valence-corrected chi connectivity index (χ3v) is 2.35. The van der Waals surface area contributed by atoms with Gasteiger partial charge >= 0.3 is 0 Å². The third kappa shape index (κ3) is 4.03. The molecule has 1 aromatic carbocycles. The van der Waals surface area contributed by atoms with Crippen LogP contribution in [0, 0.1) is 5.82 Å². The van der Waals surface area contributed by atoms with Crippen molar-refractivity contribution in [1.82, 2.24) is 5.32 Å². The molecule has 3 N–H and O–H groups in total. The van der Waals surface area contributed by atoms with Gasteiger partial charge in [0, 0.05) is 13.1 Å². The van der Waals surface area contributed by atoms with Crippen molar-refractivity contribution in [2.45, 2.75) is 19.4 Å². The Labute approximate surface area is 100.0 Å². The van der Waals surface area contributed by atoms with Crippen LogP contribution in [0.25, 0.3) is 0 Å². The van der Waals surface area contributed by atoms with E-state index in [2.05, 4.69) is 5.32 Å². The highest BCUT2D eigenvalue weighted by atomic mass is 19.1. The van der Waals surface area contributed by atoms with Crippen molar-refractivity contribution in [3.8, 4) is 5.75 Å². The molecule has 0 aliphatic rings. The standard InChI is InChI=1S/C12H17FN2O2/c1-8(14)9-3-4-11(10(13)7-9)17-6-5-12(16)15-2/h3-4,7-8H,5-6,14H2,1-2H3,(H,15,16)/t8-/m0/s1. The van der Waals surface area contributed by atoms with Gasteiger partial charge in [-0.05, 0) is 24.6 Å². The van der Waals surface area contributed by atoms with Crippen molar-refractivity contribution < 1.29 is 13.9 Å². The van der Waals surface area contributed by atoms with Gasteiger partial charge in [-0.25, -0.2) is 4.39 Å². The average Bonchev–Trinajstić information content (AvgIpc) is 2.30. The SMILES string of the molecule is CNC(=O)CCOc1ccc([C@H](C)N)cc1F. The lowest BCUT2D eigenvalue weighted by Crippen LogP contribution is -2.20. The summed E-state index contributed by atoms with van der Waals surface area (Å²) in [6, 6.07) is 4.37. The third-order valence-electron chi connectivity index (χ3n) is 2.35. The molecule has 0 heterocycles. The van der Waals surface area contributed by atoms with Crippen LogP contribution >= 0.6 is 0 Å². The van der Waals surface area contributed by atoms with Crippen molar-refractivity contribution in [2.24, 2.45) is 5.73 Å². The maximum atomic E-state index is 13.5. The number of benzene rings is 1. The summed E-state index contributed by atoms with van der Waals surface area (Å²) in [5.74, 6) is -0.465. The Balaban J connectivity index is 2.57. The number of hydrogen-bond donors (Lipinski definition) is 2. The highest BCUT2D eigenvalue weighted by Gasteiger charge is 2.07. The summed E-state index contributed by atoms with van der Waals surface area (Å²) in [4.78, 5) is 10.9. The van der Waals surface area contributed by atoms with Gasteiger partial charge in [-0.2, -0.15) is 0 Å². The van der Waals surface area contributed by atoms with E-state index in [-0.39, 0.29) is 30.7 Å². The van der Waals surface area contributed by atoms with E-state index in [4.69, 9.17) is 10.5 Å². The Hall–Kier alpha value is -1.62. The first kappa shape index (κ1) is 13.4. The van der Waals surface area contributed by atoms with Crippen molar-refractivity contribution in [1.29, 1.82) is 0 Å². The molecule has 0 unspecified atom stereocenters. The van der Waals surface area contributed by atoms with E-state index in [1.165, 1.54) is 12.1 Å². The molecule has 0 bridgehead atoms. The number of nitrogens with one attached hydrogen (secondary N) is 1. The maximum absolute atomic E-state index is 13.5. The zero-order valence-corrected chi connectivity index (χ0v) is 10.00. The quantitative estimate of drug-likeness (QED) is 0.816. The second-order valence-electron chi connectivity index (χ2n) is 3.75. The van der Waals surface area contributed by atoms with Gasteiger partial charge < -0.3 is 15.8 Å². The number of halogens is 1. The summed E-state index contributed by atoms with van der Waals surface area (Å²) in [6.45, 7) is 1.93. The molecule has 0 fully saturated rings. The van der Waals surface area contributed by atoms with Crippen LogP contribution in [0.15, 0.2) is 18.2 Å². The second-order valence-corrected chi connectivity index (χ2v) is 3.75. The molecule has 0 aromatic heterocycles. The van der Waals surface area contributed by atoms with Crippen LogP contribution in [0.2, 0.25) is 0 Å². The molecule has 0 aliphatic heterocycles. The lowest BCUT2D eigenvalue weighted by atomic mass is 10.1. The van der Waals surface area contributed by atoms with Gasteiger partial charge in [-0.15, -0.1) is 0 Å². The van der Waals surface area contributed by atoms with Crippen LogP contribution in [0.3, 0.4) is 0 Å². The highest BCUT2D eigenvalue weighted by molar-refractivity contribution is 5.75. The Morgan fingerprint density at radius 2 is 2.29 bits per heavy atom. The van der Waals surface area contributed by atoms with Gasteiger partial charge in [0.2, 0.25) is 5.91 Å². The molecule has 4 nitrogen and oxygen atoms in total. The molecule has 94 valence electrons. The zero-order valence-electron chi connectivity index (χ0n) is 10.00. The lowest BCUT2D eigenvalue weighted by molar-refractivity contribution is -0.121. The maximum Gasteiger partial charge on any atom is 0.223 e. The van der Waals surface area contributed by atoms with E-state index in [9.17, 15) is 9.18 Å². The smallest absolute Gasteiger partial charge is 0.223 e. The number of nitrogens with two attached hydrogens (primary N) is 1. The first-order chi connectivity index (χ1) is 8.04. The molecular weight excluding hydrogens is 223 g/mol. The number of hydrogen-bond acceptors (Lipinski definition) is 3. The fraction of sp³-hybridized carbons (Fsp3) is 0.417. The fourth-order valence-corrected chi connectivity index (χ4v) is 1.30. The van der Waals surface area contributed by atoms with Crippen LogP contribution in [0.1, 0.15) is 24.9 Å². The molecule has 17 heavy (non-hydrogen) atoms. The minimum absolute atomic E-state index is 0.137. The van der Waals surface area contributed by atoms with Gasteiger partial charge in [-0.1, -0.05) is 6.07 Å². The van der Waals surface area contributed by atoms with Gasteiger partial charge in [0.25, 0.3) is 0 Å². The van der Waals surface area contributed by atoms with E-state index in [1.807, 2.05) is 0 Å². The Morgan fingerprint density at radius 3 is 2.82 bits per heavy atom. The lowest BCUT2D eigenvalue weighted by Gasteiger charge is -2.10. The molecule has 0 saturated carbocycles. The number of carbonyl (C=O) groups excluding carboxylic acids is 1. The molecule has 0 saturated heterocycles. The molecule has 0 aliphatic carbocycles. The minimum atomic E-state index is -0.461. The van der Waals surface area contributed by atoms with Crippen molar-refractivity contribution in [3.05, 3.63) is 29.6 Å². The van der Waals surface area contributed by atoms with E-state index in [0.29, 0.717) is 5.56 Å². The molecular formula is C12H17FN2O2. The van der Waals surface area contributed by atoms with Gasteiger partial charge in [0.05, 0.1) is 13.0 Å². The van der Waals surface area contributed by atoms with Gasteiger partial charge in [-0.3, -0.25) is 4.79 Å². The van der Waals surface area contributed by atoms with Gasteiger partial charge in [0.15, 0.2) is 11.6 Å². The molecule has 1 rings (SSSR count). The number of ether oxygens (including phenoxy) is 1. The normalized spacial score (nSPS) is 12.0. The van der Waals surface area contributed by atoms with E-state index in [0.717, 1.165) is 0 Å². The summed E-state index contributed by atoms with van der Waals surface area (Å²) in [5.41, 5.74) is 6.34. The summed E-state index contributed by atoms with van der Waals surface area (Å²) >= 11 is 0. The molecule has 5 heteroatoms. The average molecular weight is 240 g/mol. The number of rotatable bonds is 5. The monoisotopic (exact) mass is 240 g/mol. The number of carbonyl (C=O) groups is 1. The molecule has 0 spiro atoms. The predicted molar refractivity (Wildman–Crippen MR) is 63.2 cm³/mol. The van der Waals surface area contributed by atoms with Crippen LogP contribution in [0.5, 0.6) is 5.75 Å². The summed E-state index contributed by atoms with van der Waals surface area (Å²) in [7, 11) is 1.54. The van der Waals surface area contributed by atoms with E-state index in [1.54, 1.807) is 20.0 Å². The summed E-state index contributed by atoms with van der Waals surface area (Å²) in [6.07, 6.45) is 0.199. The molecule has 1 atom stereocenters. The topological polar surface area (TPSA) is 64.3 Å². The van der Waals surface area contributed by atoms with Crippen molar-refractivity contribution in [2.75, 3.05) is 13.7 Å². The van der Waals surface area contributed by atoms with Crippen LogP contribution in [-0.2, 0) is 4.79 Å². The Kier molecular flexibility index (Phi) is 4.90. The first-order valence-corrected chi connectivity index (χ1v) is 5.43. The highest BCUT2D eigenvalue weighted by Crippen LogP contribution is 2.21. The van der Waals surface area contributed by atoms with Crippen LogP contribution < -0.4 is 15.8 Å². The van der Waals surface area contributed by atoms with E-state index < -0.39 is 5.82 Å². The number of amides is 1. The second kappa shape index (κ2) is 6.20. The van der Waals surface area contributed by atoms with Crippen LogP contribution in [-0.4, -0.2) is 19.6 Å². The van der Waals surface area contributed by atoms with Crippen LogP contribution in [0.4, 0.5) is 4.39 Å². The molecule has 0 radical (unpaired) electrons. The zero-order chi connectivity index (χ0) is 12.8. The Bertz CT molecular complexity index is 394. The predicted octanol–water partition coefficient (Wildman–Crippen LogP) is 1.36. The fourth-order valence-electron chi connectivity index (χ4n) is 1.30. The van der Waals surface area contributed by atoms with Crippen molar-refractivity contribution in [3.63, 3.8) is 0 Å². The molecule has 1 aromatic rings. The Morgan fingerprint density at radius 1 is 1.59 bits per heavy atom. The summed E-state index contributed by atoms with van der Waals surface area (Å²) < 4.78 is 18.7. The minimum Gasteiger partial charge on any atom is -0.490 e. The largest absolute Gasteiger partial charge is 0.490 e. The van der Waals surface area contributed by atoms with Crippen molar-refractivity contribution >= 4 is 5.91 Å². The summed E-state index contributed by atoms with van der Waals surface area (Å²) in [5, 5.41) is 2.46. The first-order valence-electron chi connectivity index (χ1n) is 5.43.